The molecule has 0 radical (unpaired) electrons. The lowest BCUT2D eigenvalue weighted by Gasteiger charge is -2.35. The maximum absolute atomic E-state index is 6.46. The first-order valence-electron chi connectivity index (χ1n) is 13.4. The van der Waals surface area contributed by atoms with E-state index in [1.807, 2.05) is 71.4 Å². The summed E-state index contributed by atoms with van der Waals surface area (Å²) in [5.74, 6) is 2.31. The van der Waals surface area contributed by atoms with E-state index in [9.17, 15) is 0 Å². The fourth-order valence-corrected chi connectivity index (χ4v) is 5.77. The molecule has 0 spiro atoms. The second-order valence-corrected chi connectivity index (χ2v) is 12.6. The minimum atomic E-state index is -0.392. The van der Waals surface area contributed by atoms with E-state index in [0.29, 0.717) is 15.1 Å². The van der Waals surface area contributed by atoms with Crippen LogP contribution in [0.25, 0.3) is 6.08 Å². The van der Waals surface area contributed by atoms with Crippen molar-refractivity contribution in [1.82, 2.24) is 20.2 Å². The monoisotopic (exact) mass is 595 g/mol. The van der Waals surface area contributed by atoms with Crippen molar-refractivity contribution < 1.29 is 4.74 Å². The molecule has 1 fully saturated rings. The lowest BCUT2D eigenvalue weighted by atomic mass is 9.85. The molecule has 1 atom stereocenters. The van der Waals surface area contributed by atoms with Crippen LogP contribution in [0.15, 0.2) is 72.8 Å². The summed E-state index contributed by atoms with van der Waals surface area (Å²) < 4.78 is 7.94. The van der Waals surface area contributed by atoms with Crippen LogP contribution in [0.1, 0.15) is 63.9 Å². The summed E-state index contributed by atoms with van der Waals surface area (Å²) >= 11 is 18.5. The molecule has 1 heterocycles. The fraction of sp³-hybridized carbons (Fsp3) is 0.323. The van der Waals surface area contributed by atoms with Crippen molar-refractivity contribution in [2.75, 3.05) is 5.32 Å². The Hall–Kier alpha value is -3.06. The SMILES string of the molecule is CC(C)(C)[C@H](/C=C\c1ccc(Cl)cc1Cl)n1nnnc1C1(Nc2ccc(Oc3ccc(Cl)cc3)cc2)CCCC1. The van der Waals surface area contributed by atoms with Gasteiger partial charge < -0.3 is 10.1 Å². The molecule has 0 amide bonds. The number of rotatable bonds is 8. The van der Waals surface area contributed by atoms with Crippen LogP contribution in [0.2, 0.25) is 15.1 Å². The predicted molar refractivity (Wildman–Crippen MR) is 164 cm³/mol. The average Bonchev–Trinajstić information content (AvgIpc) is 3.58. The number of hydrogen-bond donors (Lipinski definition) is 1. The highest BCUT2D eigenvalue weighted by atomic mass is 35.5. The zero-order valence-corrected chi connectivity index (χ0v) is 25.0. The van der Waals surface area contributed by atoms with Crippen LogP contribution < -0.4 is 10.1 Å². The number of benzene rings is 3. The predicted octanol–water partition coefficient (Wildman–Crippen LogP) is 9.61. The topological polar surface area (TPSA) is 64.9 Å². The zero-order chi connectivity index (χ0) is 28.3. The van der Waals surface area contributed by atoms with Gasteiger partial charge in [-0.2, -0.15) is 0 Å². The van der Waals surface area contributed by atoms with Crippen molar-refractivity contribution in [3.8, 4) is 11.5 Å². The van der Waals surface area contributed by atoms with Crippen molar-refractivity contribution >= 4 is 46.6 Å². The Morgan fingerprint density at radius 1 is 0.900 bits per heavy atom. The average molecular weight is 597 g/mol. The number of aromatic nitrogens is 4. The Labute approximate surface area is 250 Å². The molecule has 1 aliphatic rings. The van der Waals surface area contributed by atoms with E-state index in [1.165, 1.54) is 0 Å². The molecule has 0 saturated heterocycles. The molecule has 1 aromatic heterocycles. The number of tetrazole rings is 1. The lowest BCUT2D eigenvalue weighted by Crippen LogP contribution is -2.38. The molecule has 1 N–H and O–H groups in total. The van der Waals surface area contributed by atoms with Crippen LogP contribution in [0, 0.1) is 5.41 Å². The molecule has 3 aromatic carbocycles. The molecule has 1 aliphatic carbocycles. The lowest BCUT2D eigenvalue weighted by molar-refractivity contribution is 0.254. The normalized spacial score (nSPS) is 15.8. The van der Waals surface area contributed by atoms with E-state index in [2.05, 4.69) is 47.7 Å². The quantitative estimate of drug-likeness (QED) is 0.219. The Morgan fingerprint density at radius 3 is 2.15 bits per heavy atom. The van der Waals surface area contributed by atoms with Crippen LogP contribution >= 0.6 is 34.8 Å². The second-order valence-electron chi connectivity index (χ2n) is 11.3. The maximum atomic E-state index is 6.46. The number of hydrogen-bond acceptors (Lipinski definition) is 5. The molecule has 0 aliphatic heterocycles. The van der Waals surface area contributed by atoms with Crippen molar-refractivity contribution in [1.29, 1.82) is 0 Å². The van der Waals surface area contributed by atoms with Gasteiger partial charge in [-0.25, -0.2) is 4.68 Å². The Bertz CT molecular complexity index is 1470. The summed E-state index contributed by atoms with van der Waals surface area (Å²) in [5.41, 5.74) is 1.32. The van der Waals surface area contributed by atoms with Gasteiger partial charge in [-0.15, -0.1) is 5.10 Å². The summed E-state index contributed by atoms with van der Waals surface area (Å²) in [6.45, 7) is 6.56. The minimum absolute atomic E-state index is 0.112. The van der Waals surface area contributed by atoms with Gasteiger partial charge in [0.1, 0.15) is 11.5 Å². The third kappa shape index (κ3) is 6.46. The molecule has 0 bridgehead atoms. The van der Waals surface area contributed by atoms with E-state index >= 15 is 0 Å². The first-order valence-corrected chi connectivity index (χ1v) is 14.5. The Morgan fingerprint density at radius 2 is 1.52 bits per heavy atom. The number of allylic oxidation sites excluding steroid dienone is 1. The maximum Gasteiger partial charge on any atom is 0.177 e. The standard InChI is InChI=1S/C31H32Cl3N5O/c1-30(2,3)28(17-7-21-6-8-23(33)20-27(21)34)39-29(36-37-38-39)31(18-4-5-19-31)35-24-11-15-26(16-12-24)40-25-13-9-22(32)10-14-25/h6-17,20,28,35H,4-5,18-19H2,1-3H3/b17-7-/t28-/m0/s1. The Kier molecular flexibility index (Phi) is 8.41. The van der Waals surface area contributed by atoms with E-state index in [4.69, 9.17) is 39.5 Å². The molecule has 5 rings (SSSR count). The molecule has 6 nitrogen and oxygen atoms in total. The smallest absolute Gasteiger partial charge is 0.177 e. The van der Waals surface area contributed by atoms with Gasteiger partial charge >= 0.3 is 0 Å². The summed E-state index contributed by atoms with van der Waals surface area (Å²) in [4.78, 5) is 0. The molecular weight excluding hydrogens is 565 g/mol. The third-order valence-corrected chi connectivity index (χ3v) is 8.05. The first-order chi connectivity index (χ1) is 19.1. The summed E-state index contributed by atoms with van der Waals surface area (Å²) in [6, 6.07) is 20.7. The third-order valence-electron chi connectivity index (χ3n) is 7.24. The van der Waals surface area contributed by atoms with E-state index in [-0.39, 0.29) is 11.5 Å². The van der Waals surface area contributed by atoms with Crippen LogP contribution in [-0.4, -0.2) is 20.2 Å². The van der Waals surface area contributed by atoms with Gasteiger partial charge in [0.05, 0.1) is 11.6 Å². The van der Waals surface area contributed by atoms with Crippen LogP contribution in [0.5, 0.6) is 11.5 Å². The van der Waals surface area contributed by atoms with Crippen molar-refractivity contribution in [3.63, 3.8) is 0 Å². The van der Waals surface area contributed by atoms with Crippen molar-refractivity contribution in [2.24, 2.45) is 5.41 Å². The van der Waals surface area contributed by atoms with E-state index < -0.39 is 5.54 Å². The fourth-order valence-electron chi connectivity index (χ4n) is 5.17. The van der Waals surface area contributed by atoms with Crippen LogP contribution in [-0.2, 0) is 5.54 Å². The number of anilines is 1. The molecular formula is C31H32Cl3N5O. The molecule has 1 saturated carbocycles. The largest absolute Gasteiger partial charge is 0.457 e. The summed E-state index contributed by atoms with van der Waals surface area (Å²) in [5, 5.41) is 18.9. The highest BCUT2D eigenvalue weighted by Crippen LogP contribution is 2.43. The summed E-state index contributed by atoms with van der Waals surface area (Å²) in [6.07, 6.45) is 8.19. The highest BCUT2D eigenvalue weighted by Gasteiger charge is 2.42. The van der Waals surface area contributed by atoms with Crippen molar-refractivity contribution in [2.45, 2.75) is 58.0 Å². The Balaban J connectivity index is 1.42. The number of nitrogens with zero attached hydrogens (tertiary/aromatic N) is 4. The molecule has 4 aromatic rings. The van der Waals surface area contributed by atoms with Gasteiger partial charge in [0.25, 0.3) is 0 Å². The molecule has 208 valence electrons. The van der Waals surface area contributed by atoms with E-state index in [0.717, 1.165) is 54.3 Å². The van der Waals surface area contributed by atoms with Crippen LogP contribution in [0.3, 0.4) is 0 Å². The van der Waals surface area contributed by atoms with Gasteiger partial charge in [-0.05, 0) is 94.9 Å². The van der Waals surface area contributed by atoms with Crippen LogP contribution in [0.4, 0.5) is 5.69 Å². The van der Waals surface area contributed by atoms with Gasteiger partial charge in [0, 0.05) is 20.8 Å². The van der Waals surface area contributed by atoms with E-state index in [1.54, 1.807) is 6.07 Å². The molecule has 40 heavy (non-hydrogen) atoms. The van der Waals surface area contributed by atoms with Gasteiger partial charge in [0.2, 0.25) is 0 Å². The molecule has 9 heteroatoms. The number of nitrogens with one attached hydrogen (secondary N) is 1. The summed E-state index contributed by atoms with van der Waals surface area (Å²) in [7, 11) is 0. The second kappa shape index (κ2) is 11.8. The minimum Gasteiger partial charge on any atom is -0.457 e. The highest BCUT2D eigenvalue weighted by molar-refractivity contribution is 6.35. The van der Waals surface area contributed by atoms with Crippen molar-refractivity contribution in [3.05, 3.63) is 99.3 Å². The van der Waals surface area contributed by atoms with Gasteiger partial charge in [-0.1, -0.05) is 86.6 Å². The van der Waals surface area contributed by atoms with Gasteiger partial charge in [-0.3, -0.25) is 0 Å². The van der Waals surface area contributed by atoms with Gasteiger partial charge in [0.15, 0.2) is 5.82 Å². The molecule has 0 unspecified atom stereocenters. The number of halogens is 3. The number of ether oxygens (including phenoxy) is 1. The first kappa shape index (κ1) is 28.5. The zero-order valence-electron chi connectivity index (χ0n) is 22.7.